The molecule has 1 aromatic rings. The van der Waals surface area contributed by atoms with Crippen LogP contribution in [0.25, 0.3) is 0 Å². The summed E-state index contributed by atoms with van der Waals surface area (Å²) in [6, 6.07) is 2.92. The minimum atomic E-state index is -2.55. The summed E-state index contributed by atoms with van der Waals surface area (Å²) in [6.07, 6.45) is -2.55. The Kier molecular flexibility index (Phi) is 4.24. The van der Waals surface area contributed by atoms with Gasteiger partial charge in [0.2, 0.25) is 0 Å². The highest BCUT2D eigenvalue weighted by Gasteiger charge is 2.14. The predicted molar refractivity (Wildman–Crippen MR) is 50.8 cm³/mol. The van der Waals surface area contributed by atoms with Crippen LogP contribution in [-0.4, -0.2) is 17.9 Å². The van der Waals surface area contributed by atoms with Gasteiger partial charge in [-0.15, -0.1) is 0 Å². The molecule has 0 amide bonds. The Bertz CT molecular complexity index is 385. The highest BCUT2D eigenvalue weighted by molar-refractivity contribution is 5.40. The lowest BCUT2D eigenvalue weighted by molar-refractivity contribution is -0.385. The van der Waals surface area contributed by atoms with E-state index in [-0.39, 0.29) is 17.8 Å². The Hall–Kier alpha value is -1.63. The van der Waals surface area contributed by atoms with E-state index in [0.717, 1.165) is 18.2 Å². The molecular weight excluding hydrogens is 225 g/mol. The Morgan fingerprint density at radius 1 is 1.44 bits per heavy atom. The van der Waals surface area contributed by atoms with E-state index >= 15 is 0 Å². The van der Waals surface area contributed by atoms with Crippen LogP contribution >= 0.6 is 0 Å². The summed E-state index contributed by atoms with van der Waals surface area (Å²) in [5.74, 6) is -0.639. The summed E-state index contributed by atoms with van der Waals surface area (Å²) in [5.41, 5.74) is -0.242. The fourth-order valence-electron chi connectivity index (χ4n) is 1.19. The quantitative estimate of drug-likeness (QED) is 0.626. The number of nitro benzene ring substituents is 1. The average Bonchev–Trinajstić information content (AvgIpc) is 2.16. The van der Waals surface area contributed by atoms with Gasteiger partial charge in [-0.2, -0.15) is 0 Å². The number of hydrogen-bond donors (Lipinski definition) is 1. The van der Waals surface area contributed by atoms with Crippen molar-refractivity contribution in [3.8, 4) is 0 Å². The Morgan fingerprint density at radius 2 is 2.12 bits per heavy atom. The lowest BCUT2D eigenvalue weighted by Crippen LogP contribution is -2.21. The number of nitro groups is 1. The average molecular weight is 234 g/mol. The first-order valence-electron chi connectivity index (χ1n) is 4.42. The van der Waals surface area contributed by atoms with Crippen molar-refractivity contribution >= 4 is 5.69 Å². The highest BCUT2D eigenvalue weighted by Crippen LogP contribution is 2.19. The maximum Gasteiger partial charge on any atom is 0.274 e. The molecule has 0 fully saturated rings. The molecule has 0 atom stereocenters. The van der Waals surface area contributed by atoms with Crippen molar-refractivity contribution in [3.63, 3.8) is 0 Å². The highest BCUT2D eigenvalue weighted by atomic mass is 19.3. The third kappa shape index (κ3) is 3.50. The standard InChI is InChI=1S/C9H9F3N2O2/c10-7-1-2-8(14(15)16)6(3-7)4-13-5-9(11)12/h1-3,9,13H,4-5H2. The van der Waals surface area contributed by atoms with Crippen molar-refractivity contribution in [1.29, 1.82) is 0 Å². The molecule has 7 heteroatoms. The first kappa shape index (κ1) is 12.4. The molecule has 0 unspecified atom stereocenters. The summed E-state index contributed by atoms with van der Waals surface area (Å²) < 4.78 is 36.4. The lowest BCUT2D eigenvalue weighted by atomic mass is 10.1. The van der Waals surface area contributed by atoms with Crippen LogP contribution in [0.15, 0.2) is 18.2 Å². The molecule has 0 aliphatic carbocycles. The van der Waals surface area contributed by atoms with E-state index in [2.05, 4.69) is 5.32 Å². The van der Waals surface area contributed by atoms with Gasteiger partial charge in [0.15, 0.2) is 0 Å². The van der Waals surface area contributed by atoms with Crippen LogP contribution in [0, 0.1) is 15.9 Å². The van der Waals surface area contributed by atoms with Crippen LogP contribution in [0.2, 0.25) is 0 Å². The number of benzene rings is 1. The molecule has 4 nitrogen and oxygen atoms in total. The SMILES string of the molecule is O=[N+]([O-])c1ccc(F)cc1CNCC(F)F. The molecule has 88 valence electrons. The summed E-state index contributed by atoms with van der Waals surface area (Å²) >= 11 is 0. The lowest BCUT2D eigenvalue weighted by Gasteiger charge is -2.05. The topological polar surface area (TPSA) is 55.2 Å². The van der Waals surface area contributed by atoms with Crippen molar-refractivity contribution in [3.05, 3.63) is 39.7 Å². The van der Waals surface area contributed by atoms with Crippen molar-refractivity contribution in [2.24, 2.45) is 0 Å². The molecule has 0 aliphatic rings. The van der Waals surface area contributed by atoms with Gasteiger partial charge in [-0.1, -0.05) is 0 Å². The molecule has 0 bridgehead atoms. The first-order chi connectivity index (χ1) is 7.50. The van der Waals surface area contributed by atoms with Crippen LogP contribution in [0.3, 0.4) is 0 Å². The largest absolute Gasteiger partial charge is 0.307 e. The molecule has 0 saturated heterocycles. The molecule has 0 aliphatic heterocycles. The first-order valence-corrected chi connectivity index (χ1v) is 4.42. The van der Waals surface area contributed by atoms with Crippen LogP contribution in [0.5, 0.6) is 0 Å². The van der Waals surface area contributed by atoms with E-state index in [4.69, 9.17) is 0 Å². The maximum absolute atomic E-state index is 12.8. The fraction of sp³-hybridized carbons (Fsp3) is 0.333. The molecule has 16 heavy (non-hydrogen) atoms. The van der Waals surface area contributed by atoms with Gasteiger partial charge in [0.25, 0.3) is 12.1 Å². The molecule has 1 rings (SSSR count). The minimum absolute atomic E-state index is 0.0469. The van der Waals surface area contributed by atoms with Crippen LogP contribution in [0.1, 0.15) is 5.56 Å². The van der Waals surface area contributed by atoms with E-state index < -0.39 is 23.7 Å². The minimum Gasteiger partial charge on any atom is -0.307 e. The smallest absolute Gasteiger partial charge is 0.274 e. The van der Waals surface area contributed by atoms with Crippen molar-refractivity contribution in [2.75, 3.05) is 6.54 Å². The second-order valence-corrected chi connectivity index (χ2v) is 3.05. The number of rotatable bonds is 5. The zero-order chi connectivity index (χ0) is 12.1. The van der Waals surface area contributed by atoms with Crippen LogP contribution in [-0.2, 0) is 6.54 Å². The molecule has 1 aromatic carbocycles. The summed E-state index contributed by atoms with van der Waals surface area (Å²) in [4.78, 5) is 9.86. The predicted octanol–water partition coefficient (Wildman–Crippen LogP) is 2.09. The third-order valence-electron chi connectivity index (χ3n) is 1.85. The third-order valence-corrected chi connectivity index (χ3v) is 1.85. The Morgan fingerprint density at radius 3 is 2.69 bits per heavy atom. The molecule has 0 saturated carbocycles. The summed E-state index contributed by atoms with van der Waals surface area (Å²) in [6.45, 7) is -0.758. The molecule has 0 heterocycles. The van der Waals surface area contributed by atoms with Gasteiger partial charge < -0.3 is 5.32 Å². The zero-order valence-electron chi connectivity index (χ0n) is 8.12. The van der Waals surface area contributed by atoms with Gasteiger partial charge in [-0.05, 0) is 12.1 Å². The molecule has 0 spiro atoms. The normalized spacial score (nSPS) is 10.8. The van der Waals surface area contributed by atoms with Gasteiger partial charge in [-0.3, -0.25) is 10.1 Å². The number of halogens is 3. The van der Waals surface area contributed by atoms with Crippen molar-refractivity contribution in [1.82, 2.24) is 5.32 Å². The van der Waals surface area contributed by atoms with Crippen molar-refractivity contribution in [2.45, 2.75) is 13.0 Å². The Balaban J connectivity index is 2.76. The fourth-order valence-corrected chi connectivity index (χ4v) is 1.19. The number of alkyl halides is 2. The van der Waals surface area contributed by atoms with Gasteiger partial charge in [0.1, 0.15) is 5.82 Å². The van der Waals surface area contributed by atoms with E-state index in [1.165, 1.54) is 0 Å². The van der Waals surface area contributed by atoms with Crippen LogP contribution in [0.4, 0.5) is 18.9 Å². The van der Waals surface area contributed by atoms with Crippen molar-refractivity contribution < 1.29 is 18.1 Å². The number of nitrogens with one attached hydrogen (secondary N) is 1. The number of nitrogens with zero attached hydrogens (tertiary/aromatic N) is 1. The summed E-state index contributed by atoms with van der Waals surface area (Å²) in [7, 11) is 0. The van der Waals surface area contributed by atoms with E-state index in [9.17, 15) is 23.3 Å². The second kappa shape index (κ2) is 5.45. The van der Waals surface area contributed by atoms with Gasteiger partial charge in [-0.25, -0.2) is 13.2 Å². The molecule has 1 N–H and O–H groups in total. The second-order valence-electron chi connectivity index (χ2n) is 3.05. The zero-order valence-corrected chi connectivity index (χ0v) is 8.12. The Labute approximate surface area is 89.2 Å². The number of hydrogen-bond acceptors (Lipinski definition) is 3. The summed E-state index contributed by atoms with van der Waals surface area (Å²) in [5, 5.41) is 12.8. The molecular formula is C9H9F3N2O2. The molecule has 0 radical (unpaired) electrons. The van der Waals surface area contributed by atoms with Gasteiger partial charge in [0, 0.05) is 18.2 Å². The van der Waals surface area contributed by atoms with E-state index in [1.54, 1.807) is 0 Å². The van der Waals surface area contributed by atoms with Gasteiger partial charge in [0.05, 0.1) is 11.5 Å². The van der Waals surface area contributed by atoms with E-state index in [1.807, 2.05) is 0 Å². The monoisotopic (exact) mass is 234 g/mol. The maximum atomic E-state index is 12.8. The van der Waals surface area contributed by atoms with Crippen LogP contribution < -0.4 is 5.32 Å². The van der Waals surface area contributed by atoms with E-state index in [0.29, 0.717) is 0 Å². The van der Waals surface area contributed by atoms with Gasteiger partial charge >= 0.3 is 0 Å². The molecule has 0 aromatic heterocycles.